The number of rotatable bonds is 12. The minimum atomic E-state index is -0.501. The molecule has 0 amide bonds. The van der Waals surface area contributed by atoms with Crippen LogP contribution in [-0.2, 0) is 19.7 Å². The average molecular weight is 513 g/mol. The second-order valence-electron chi connectivity index (χ2n) is 9.29. The van der Waals surface area contributed by atoms with Crippen LogP contribution in [0.15, 0.2) is 111 Å². The lowest BCUT2D eigenvalue weighted by atomic mass is 9.62. The molecular weight excluding hydrogens is 476 g/mol. The van der Waals surface area contributed by atoms with Crippen molar-refractivity contribution in [1.82, 2.24) is 0 Å². The zero-order valence-corrected chi connectivity index (χ0v) is 22.0. The van der Waals surface area contributed by atoms with Gasteiger partial charge in [0.15, 0.2) is 0 Å². The summed E-state index contributed by atoms with van der Waals surface area (Å²) < 4.78 is 15.8. The van der Waals surface area contributed by atoms with Crippen molar-refractivity contribution in [2.75, 3.05) is 0 Å². The maximum Gasteiger partial charge on any atom is 0.335 e. The Balaban J connectivity index is 1.71. The molecule has 1 aliphatic rings. The number of allylic oxidation sites excluding steroid dienone is 4. The van der Waals surface area contributed by atoms with Crippen molar-refractivity contribution in [2.24, 2.45) is 5.92 Å². The highest BCUT2D eigenvalue weighted by atomic mass is 16.5. The van der Waals surface area contributed by atoms with E-state index in [9.17, 15) is 9.59 Å². The lowest BCUT2D eigenvalue weighted by Gasteiger charge is -2.41. The van der Waals surface area contributed by atoms with Crippen molar-refractivity contribution < 1.29 is 23.8 Å². The summed E-state index contributed by atoms with van der Waals surface area (Å²) in [5.74, 6) is 1.07. The zero-order chi connectivity index (χ0) is 27.2. The molecule has 0 bridgehead atoms. The fourth-order valence-corrected chi connectivity index (χ4v) is 4.96. The first-order chi connectivity index (χ1) is 18.5. The molecule has 5 heteroatoms. The van der Waals surface area contributed by atoms with E-state index in [1.807, 2.05) is 24.3 Å². The monoisotopic (exact) mass is 512 g/mol. The summed E-state index contributed by atoms with van der Waals surface area (Å²) in [7, 11) is 0. The Hall–Kier alpha value is -4.12. The predicted molar refractivity (Wildman–Crippen MR) is 151 cm³/mol. The first-order valence-electron chi connectivity index (χ1n) is 13.0. The lowest BCUT2D eigenvalue weighted by molar-refractivity contribution is -0.132. The summed E-state index contributed by atoms with van der Waals surface area (Å²) in [5.41, 5.74) is 2.40. The normalized spacial score (nSPS) is 19.4. The predicted octanol–water partition coefficient (Wildman–Crippen LogP) is 7.75. The average Bonchev–Trinajstić information content (AvgIpc) is 2.95. The number of benzene rings is 2. The number of esters is 2. The molecule has 2 aromatic carbocycles. The topological polar surface area (TPSA) is 61.8 Å². The van der Waals surface area contributed by atoms with Crippen LogP contribution in [0.4, 0.5) is 0 Å². The quantitative estimate of drug-likeness (QED) is 0.0957. The van der Waals surface area contributed by atoms with Crippen LogP contribution < -0.4 is 9.47 Å². The maximum absolute atomic E-state index is 11.6. The minimum Gasteiger partial charge on any atom is -0.465 e. The van der Waals surface area contributed by atoms with E-state index >= 15 is 0 Å². The summed E-state index contributed by atoms with van der Waals surface area (Å²) in [6.45, 7) is 9.05. The van der Waals surface area contributed by atoms with Gasteiger partial charge in [0.2, 0.25) is 0 Å². The van der Waals surface area contributed by atoms with Crippen LogP contribution in [0.3, 0.4) is 0 Å². The molecule has 0 unspecified atom stereocenters. The lowest BCUT2D eigenvalue weighted by Crippen LogP contribution is -2.33. The molecule has 1 fully saturated rings. The smallest absolute Gasteiger partial charge is 0.335 e. The molecule has 0 N–H and O–H groups in total. The second-order valence-corrected chi connectivity index (χ2v) is 9.29. The van der Waals surface area contributed by atoms with E-state index in [-0.39, 0.29) is 5.41 Å². The van der Waals surface area contributed by atoms with E-state index in [1.165, 1.54) is 49.1 Å². The van der Waals surface area contributed by atoms with Gasteiger partial charge in [-0.1, -0.05) is 69.3 Å². The van der Waals surface area contributed by atoms with Crippen molar-refractivity contribution in [2.45, 2.75) is 50.9 Å². The standard InChI is InChI=1S/C33H36O5/c1-4-11-26-20-22-33(23-21-26,28-14-18-30(19-15-28)38-32(35)6-3)27-12-16-29(17-13-27)36-24-9-7-8-10-25-37-31(34)5-2/h5-10,12-19,24-26H,2-4,11,20-23H2,1H3/b8-7+,24-9+,25-10+. The van der Waals surface area contributed by atoms with Gasteiger partial charge in [-0.05, 0) is 79.1 Å². The Morgan fingerprint density at radius 2 is 1.37 bits per heavy atom. The number of carbonyl (C=O) groups excluding carboxylic acids is 2. The SMILES string of the molecule is C=CC(=O)O/C=C/C=C/C=C/Oc1ccc(C2(c3ccc(OC(=O)C=C)cc3)CCC(CCC)CC2)cc1. The molecule has 0 heterocycles. The van der Waals surface area contributed by atoms with Gasteiger partial charge in [0.05, 0.1) is 12.5 Å². The van der Waals surface area contributed by atoms with Crippen molar-refractivity contribution >= 4 is 11.9 Å². The van der Waals surface area contributed by atoms with Gasteiger partial charge in [0.1, 0.15) is 11.5 Å². The molecule has 2 aromatic rings. The van der Waals surface area contributed by atoms with Crippen LogP contribution in [0.1, 0.15) is 56.6 Å². The van der Waals surface area contributed by atoms with Crippen LogP contribution >= 0.6 is 0 Å². The van der Waals surface area contributed by atoms with Gasteiger partial charge < -0.3 is 14.2 Å². The largest absolute Gasteiger partial charge is 0.465 e. The molecule has 0 spiro atoms. The van der Waals surface area contributed by atoms with E-state index in [2.05, 4.69) is 44.3 Å². The van der Waals surface area contributed by atoms with Gasteiger partial charge in [-0.3, -0.25) is 0 Å². The molecule has 0 aromatic heterocycles. The molecule has 38 heavy (non-hydrogen) atoms. The van der Waals surface area contributed by atoms with Crippen molar-refractivity contribution in [3.8, 4) is 11.5 Å². The Morgan fingerprint density at radius 1 is 0.816 bits per heavy atom. The Kier molecular flexibility index (Phi) is 10.9. The van der Waals surface area contributed by atoms with Gasteiger partial charge in [-0.25, -0.2) is 9.59 Å². The zero-order valence-electron chi connectivity index (χ0n) is 22.0. The molecule has 198 valence electrons. The van der Waals surface area contributed by atoms with Crippen molar-refractivity contribution in [1.29, 1.82) is 0 Å². The summed E-state index contributed by atoms with van der Waals surface area (Å²) in [6.07, 6.45) is 19.0. The van der Waals surface area contributed by atoms with Crippen molar-refractivity contribution in [3.63, 3.8) is 0 Å². The Labute approximate surface area is 225 Å². The van der Waals surface area contributed by atoms with E-state index in [0.29, 0.717) is 5.75 Å². The van der Waals surface area contributed by atoms with E-state index in [0.717, 1.165) is 30.6 Å². The summed E-state index contributed by atoms with van der Waals surface area (Å²) in [5, 5.41) is 0. The molecule has 3 rings (SSSR count). The highest BCUT2D eigenvalue weighted by Crippen LogP contribution is 2.48. The Bertz CT molecular complexity index is 1160. The van der Waals surface area contributed by atoms with Gasteiger partial charge in [-0.2, -0.15) is 0 Å². The fraction of sp³-hybridized carbons (Fsp3) is 0.273. The fourth-order valence-electron chi connectivity index (χ4n) is 4.96. The van der Waals surface area contributed by atoms with Gasteiger partial charge >= 0.3 is 11.9 Å². The van der Waals surface area contributed by atoms with E-state index in [4.69, 9.17) is 14.2 Å². The molecule has 0 saturated heterocycles. The van der Waals surface area contributed by atoms with Gasteiger partial charge in [-0.15, -0.1) is 0 Å². The summed E-state index contributed by atoms with van der Waals surface area (Å²) in [4.78, 5) is 22.5. The van der Waals surface area contributed by atoms with Gasteiger partial charge in [0.25, 0.3) is 0 Å². The van der Waals surface area contributed by atoms with Crippen LogP contribution in [0, 0.1) is 5.92 Å². The Morgan fingerprint density at radius 3 is 1.92 bits per heavy atom. The maximum atomic E-state index is 11.6. The van der Waals surface area contributed by atoms with Crippen LogP contribution in [0.5, 0.6) is 11.5 Å². The summed E-state index contributed by atoms with van der Waals surface area (Å²) >= 11 is 0. The van der Waals surface area contributed by atoms with Crippen LogP contribution in [0.25, 0.3) is 0 Å². The summed E-state index contributed by atoms with van der Waals surface area (Å²) in [6, 6.07) is 16.2. The molecular formula is C33H36O5. The first kappa shape index (κ1) is 28.5. The highest BCUT2D eigenvalue weighted by Gasteiger charge is 2.38. The molecule has 0 aliphatic heterocycles. The first-order valence-corrected chi connectivity index (χ1v) is 13.0. The molecule has 0 radical (unpaired) electrons. The molecule has 0 atom stereocenters. The number of hydrogen-bond acceptors (Lipinski definition) is 5. The third-order valence-corrected chi connectivity index (χ3v) is 6.90. The third-order valence-electron chi connectivity index (χ3n) is 6.90. The second kappa shape index (κ2) is 14.6. The van der Waals surface area contributed by atoms with Gasteiger partial charge in [0, 0.05) is 17.6 Å². The molecule has 5 nitrogen and oxygen atoms in total. The highest BCUT2D eigenvalue weighted by molar-refractivity contribution is 5.83. The van der Waals surface area contributed by atoms with Crippen molar-refractivity contribution in [3.05, 3.63) is 122 Å². The van der Waals surface area contributed by atoms with Crippen LogP contribution in [0.2, 0.25) is 0 Å². The minimum absolute atomic E-state index is 0.0935. The molecule has 1 saturated carbocycles. The van der Waals surface area contributed by atoms with E-state index < -0.39 is 11.9 Å². The van der Waals surface area contributed by atoms with Crippen LogP contribution in [-0.4, -0.2) is 11.9 Å². The number of ether oxygens (including phenoxy) is 3. The molecule has 1 aliphatic carbocycles. The third kappa shape index (κ3) is 7.94. The number of hydrogen-bond donors (Lipinski definition) is 0. The van der Waals surface area contributed by atoms with E-state index in [1.54, 1.807) is 30.6 Å². The number of carbonyl (C=O) groups is 2.